The van der Waals surface area contributed by atoms with E-state index in [0.29, 0.717) is 18.0 Å². The molecule has 0 aromatic heterocycles. The lowest BCUT2D eigenvalue weighted by atomic mass is 10.1. The number of aliphatic hydroxyl groups excluding tert-OH is 2. The zero-order valence-corrected chi connectivity index (χ0v) is 13.3. The van der Waals surface area contributed by atoms with E-state index in [1.54, 1.807) is 12.1 Å². The maximum absolute atomic E-state index is 10.3. The minimum atomic E-state index is -0.519. The summed E-state index contributed by atoms with van der Waals surface area (Å²) in [6.45, 7) is 2.21. The summed E-state index contributed by atoms with van der Waals surface area (Å²) in [7, 11) is 0. The van der Waals surface area contributed by atoms with Crippen molar-refractivity contribution in [3.63, 3.8) is 0 Å². The van der Waals surface area contributed by atoms with Crippen LogP contribution >= 0.6 is 11.6 Å². The Hall–Kier alpha value is -1.39. The molecule has 2 aromatic carbocycles. The monoisotopic (exact) mass is 319 g/mol. The minimum Gasteiger partial charge on any atom is -0.395 e. The molecule has 4 heteroatoms. The van der Waals surface area contributed by atoms with Crippen LogP contribution in [-0.4, -0.2) is 34.8 Å². The first-order valence-corrected chi connectivity index (χ1v) is 7.87. The fourth-order valence-electron chi connectivity index (χ4n) is 2.41. The van der Waals surface area contributed by atoms with Crippen molar-refractivity contribution in [3.8, 4) is 0 Å². The van der Waals surface area contributed by atoms with Gasteiger partial charge in [-0.2, -0.15) is 0 Å². The van der Waals surface area contributed by atoms with Crippen molar-refractivity contribution in [2.24, 2.45) is 0 Å². The quantitative estimate of drug-likeness (QED) is 0.785. The lowest BCUT2D eigenvalue weighted by Crippen LogP contribution is -2.28. The van der Waals surface area contributed by atoms with Gasteiger partial charge in [0.15, 0.2) is 0 Å². The van der Waals surface area contributed by atoms with Gasteiger partial charge in [0, 0.05) is 24.7 Å². The molecule has 0 heterocycles. The summed E-state index contributed by atoms with van der Waals surface area (Å²) in [4.78, 5) is 2.15. The van der Waals surface area contributed by atoms with Crippen LogP contribution in [0.2, 0.25) is 5.02 Å². The highest BCUT2D eigenvalue weighted by atomic mass is 35.5. The fraction of sp³-hybridized carbons (Fsp3) is 0.333. The van der Waals surface area contributed by atoms with Crippen LogP contribution < -0.4 is 0 Å². The summed E-state index contributed by atoms with van der Waals surface area (Å²) in [6, 6.07) is 17.4. The summed E-state index contributed by atoms with van der Waals surface area (Å²) in [5.41, 5.74) is 2.07. The van der Waals surface area contributed by atoms with E-state index in [4.69, 9.17) is 11.6 Å². The smallest absolute Gasteiger partial charge is 0.0802 e. The SMILES string of the molecule is OCCN(CCC(O)c1ccc(Cl)cc1)Cc1ccccc1. The third kappa shape index (κ3) is 5.43. The van der Waals surface area contributed by atoms with Crippen molar-refractivity contribution >= 4 is 11.6 Å². The molecule has 1 atom stereocenters. The highest BCUT2D eigenvalue weighted by Gasteiger charge is 2.11. The van der Waals surface area contributed by atoms with Crippen LogP contribution in [0.25, 0.3) is 0 Å². The number of nitrogens with zero attached hydrogens (tertiary/aromatic N) is 1. The Morgan fingerprint density at radius 3 is 2.27 bits per heavy atom. The molecule has 2 rings (SSSR count). The van der Waals surface area contributed by atoms with Crippen molar-refractivity contribution in [2.75, 3.05) is 19.7 Å². The third-order valence-electron chi connectivity index (χ3n) is 3.64. The molecule has 0 spiro atoms. The Morgan fingerprint density at radius 2 is 1.64 bits per heavy atom. The fourth-order valence-corrected chi connectivity index (χ4v) is 2.54. The molecule has 0 aliphatic rings. The van der Waals surface area contributed by atoms with Crippen LogP contribution in [-0.2, 0) is 6.54 Å². The Morgan fingerprint density at radius 1 is 0.955 bits per heavy atom. The second kappa shape index (κ2) is 8.91. The molecule has 2 N–H and O–H groups in total. The van der Waals surface area contributed by atoms with E-state index >= 15 is 0 Å². The van der Waals surface area contributed by atoms with E-state index in [-0.39, 0.29) is 6.61 Å². The second-order valence-electron chi connectivity index (χ2n) is 5.34. The molecule has 0 bridgehead atoms. The number of halogens is 1. The molecule has 118 valence electrons. The molecule has 0 aliphatic carbocycles. The number of benzene rings is 2. The molecular weight excluding hydrogens is 298 g/mol. The van der Waals surface area contributed by atoms with E-state index in [9.17, 15) is 10.2 Å². The normalized spacial score (nSPS) is 12.5. The first kappa shape index (κ1) is 17.0. The first-order valence-electron chi connectivity index (χ1n) is 7.49. The lowest BCUT2D eigenvalue weighted by Gasteiger charge is -2.23. The van der Waals surface area contributed by atoms with Gasteiger partial charge in [-0.25, -0.2) is 0 Å². The van der Waals surface area contributed by atoms with E-state index in [1.807, 2.05) is 30.3 Å². The van der Waals surface area contributed by atoms with Gasteiger partial charge in [-0.1, -0.05) is 54.1 Å². The molecule has 1 unspecified atom stereocenters. The lowest BCUT2D eigenvalue weighted by molar-refractivity contribution is 0.128. The van der Waals surface area contributed by atoms with Gasteiger partial charge in [0.05, 0.1) is 12.7 Å². The summed E-state index contributed by atoms with van der Waals surface area (Å²) >= 11 is 5.86. The molecule has 0 amide bonds. The number of rotatable bonds is 8. The van der Waals surface area contributed by atoms with Gasteiger partial charge in [-0.05, 0) is 29.7 Å². The maximum atomic E-state index is 10.3. The Bertz CT molecular complexity index is 545. The summed E-state index contributed by atoms with van der Waals surface area (Å²) < 4.78 is 0. The highest BCUT2D eigenvalue weighted by molar-refractivity contribution is 6.30. The van der Waals surface area contributed by atoms with Crippen LogP contribution in [0, 0.1) is 0 Å². The van der Waals surface area contributed by atoms with Gasteiger partial charge in [0.2, 0.25) is 0 Å². The number of hydrogen-bond acceptors (Lipinski definition) is 3. The standard InChI is InChI=1S/C18H22ClNO2/c19-17-8-6-16(7-9-17)18(22)10-11-20(12-13-21)14-15-4-2-1-3-5-15/h1-9,18,21-22H,10-14H2. The maximum Gasteiger partial charge on any atom is 0.0802 e. The topological polar surface area (TPSA) is 43.7 Å². The van der Waals surface area contributed by atoms with Crippen molar-refractivity contribution < 1.29 is 10.2 Å². The first-order chi connectivity index (χ1) is 10.7. The number of hydrogen-bond donors (Lipinski definition) is 2. The van der Waals surface area contributed by atoms with Gasteiger partial charge in [-0.3, -0.25) is 4.90 Å². The zero-order chi connectivity index (χ0) is 15.8. The van der Waals surface area contributed by atoms with Gasteiger partial charge in [0.25, 0.3) is 0 Å². The Kier molecular flexibility index (Phi) is 6.87. The van der Waals surface area contributed by atoms with Gasteiger partial charge < -0.3 is 10.2 Å². The third-order valence-corrected chi connectivity index (χ3v) is 3.89. The van der Waals surface area contributed by atoms with E-state index in [2.05, 4.69) is 17.0 Å². The van der Waals surface area contributed by atoms with Crippen molar-refractivity contribution in [3.05, 3.63) is 70.7 Å². The average Bonchev–Trinajstić information content (AvgIpc) is 2.54. The van der Waals surface area contributed by atoms with Crippen LogP contribution in [0.1, 0.15) is 23.7 Å². The second-order valence-corrected chi connectivity index (χ2v) is 5.78. The van der Waals surface area contributed by atoms with Gasteiger partial charge >= 0.3 is 0 Å². The van der Waals surface area contributed by atoms with Crippen LogP contribution in [0.3, 0.4) is 0 Å². The molecule has 0 radical (unpaired) electrons. The van der Waals surface area contributed by atoms with Gasteiger partial charge in [-0.15, -0.1) is 0 Å². The average molecular weight is 320 g/mol. The summed E-state index contributed by atoms with van der Waals surface area (Å²) in [5.74, 6) is 0. The molecule has 22 heavy (non-hydrogen) atoms. The predicted molar refractivity (Wildman–Crippen MR) is 89.8 cm³/mol. The summed E-state index contributed by atoms with van der Waals surface area (Å²) in [5, 5.41) is 20.1. The van der Waals surface area contributed by atoms with E-state index in [0.717, 1.165) is 18.7 Å². The van der Waals surface area contributed by atoms with Crippen LogP contribution in [0.4, 0.5) is 0 Å². The molecule has 2 aromatic rings. The van der Waals surface area contributed by atoms with Crippen molar-refractivity contribution in [1.29, 1.82) is 0 Å². The summed E-state index contributed by atoms with van der Waals surface area (Å²) in [6.07, 6.45) is 0.100. The Balaban J connectivity index is 1.89. The van der Waals surface area contributed by atoms with Crippen molar-refractivity contribution in [1.82, 2.24) is 4.90 Å². The largest absolute Gasteiger partial charge is 0.395 e. The molecular formula is C18H22ClNO2. The zero-order valence-electron chi connectivity index (χ0n) is 12.5. The highest BCUT2D eigenvalue weighted by Crippen LogP contribution is 2.19. The molecule has 0 aliphatic heterocycles. The van der Waals surface area contributed by atoms with Crippen molar-refractivity contribution in [2.45, 2.75) is 19.1 Å². The predicted octanol–water partition coefficient (Wildman–Crippen LogP) is 3.26. The van der Waals surface area contributed by atoms with Crippen LogP contribution in [0.15, 0.2) is 54.6 Å². The molecule has 0 saturated heterocycles. The number of aliphatic hydroxyl groups is 2. The van der Waals surface area contributed by atoms with E-state index in [1.165, 1.54) is 5.56 Å². The van der Waals surface area contributed by atoms with Gasteiger partial charge in [0.1, 0.15) is 0 Å². The van der Waals surface area contributed by atoms with E-state index < -0.39 is 6.10 Å². The molecule has 0 fully saturated rings. The molecule has 0 saturated carbocycles. The molecule has 3 nitrogen and oxygen atoms in total. The van der Waals surface area contributed by atoms with Crippen LogP contribution in [0.5, 0.6) is 0 Å². The minimum absolute atomic E-state index is 0.115. The Labute approximate surface area is 136 Å².